The first-order chi connectivity index (χ1) is 22.2. The zero-order valence-corrected chi connectivity index (χ0v) is 26.2. The van der Waals surface area contributed by atoms with Crippen LogP contribution in [0.15, 0.2) is 36.4 Å². The fraction of sp³-hybridized carbons (Fsp3) is 0.516. The van der Waals surface area contributed by atoms with Crippen molar-refractivity contribution in [1.82, 2.24) is 25.1 Å². The van der Waals surface area contributed by atoms with E-state index in [1.807, 2.05) is 30.3 Å². The molecule has 0 radical (unpaired) electrons. The van der Waals surface area contributed by atoms with E-state index in [1.165, 1.54) is 9.80 Å². The lowest BCUT2D eigenvalue weighted by molar-refractivity contribution is -0.138. The molecular formula is C31H42N6O9. The summed E-state index contributed by atoms with van der Waals surface area (Å²) >= 11 is 0. The Balaban J connectivity index is 0.00000185. The Morgan fingerprint density at radius 1 is 1.04 bits per heavy atom. The van der Waals surface area contributed by atoms with Gasteiger partial charge in [-0.3, -0.25) is 19.2 Å². The highest BCUT2D eigenvalue weighted by atomic mass is 16.6. The van der Waals surface area contributed by atoms with Gasteiger partial charge in [-0.15, -0.1) is 0 Å². The van der Waals surface area contributed by atoms with Gasteiger partial charge in [0.25, 0.3) is 12.4 Å². The summed E-state index contributed by atoms with van der Waals surface area (Å²) in [5.74, 6) is -1.14. The number of ether oxygens (including phenoxy) is 2. The maximum absolute atomic E-state index is 13.7. The number of piperazine rings is 1. The van der Waals surface area contributed by atoms with E-state index in [0.717, 1.165) is 31.4 Å². The Kier molecular flexibility index (Phi) is 14.2. The van der Waals surface area contributed by atoms with Crippen molar-refractivity contribution in [1.29, 1.82) is 0 Å². The molecule has 2 aliphatic rings. The van der Waals surface area contributed by atoms with E-state index in [2.05, 4.69) is 15.2 Å². The molecule has 3 amide bonds. The number of carboxylic acids is 1. The lowest BCUT2D eigenvalue weighted by Crippen LogP contribution is -2.56. The van der Waals surface area contributed by atoms with Gasteiger partial charge in [-0.25, -0.2) is 14.8 Å². The number of carboxylic acid groups (broad SMARTS) is 2. The molecule has 4 rings (SSSR count). The van der Waals surface area contributed by atoms with Crippen molar-refractivity contribution in [3.63, 3.8) is 0 Å². The maximum atomic E-state index is 13.7. The smallest absolute Gasteiger partial charge is 0.409 e. The van der Waals surface area contributed by atoms with Gasteiger partial charge in [0.15, 0.2) is 5.82 Å². The number of carbonyl (C=O) groups is 5. The Hall–Kier alpha value is -4.79. The highest BCUT2D eigenvalue weighted by Gasteiger charge is 2.32. The number of benzene rings is 1. The van der Waals surface area contributed by atoms with Gasteiger partial charge in [0.05, 0.1) is 19.3 Å². The Morgan fingerprint density at radius 2 is 1.72 bits per heavy atom. The number of methoxy groups -OCH3 is 1. The lowest BCUT2D eigenvalue weighted by atomic mass is 10.0. The highest BCUT2D eigenvalue weighted by Crippen LogP contribution is 2.27. The van der Waals surface area contributed by atoms with E-state index in [0.29, 0.717) is 18.2 Å². The molecular weight excluding hydrogens is 600 g/mol. The molecule has 3 heterocycles. The number of nitrogens with one attached hydrogen (secondary N) is 1. The van der Waals surface area contributed by atoms with Crippen LogP contribution in [0.4, 0.5) is 10.6 Å². The Labute approximate surface area is 267 Å². The van der Waals surface area contributed by atoms with Gasteiger partial charge in [0.1, 0.15) is 17.6 Å². The second-order valence-corrected chi connectivity index (χ2v) is 10.7. The van der Waals surface area contributed by atoms with E-state index < -0.39 is 29.9 Å². The minimum Gasteiger partial charge on any atom is -0.483 e. The number of amides is 3. The van der Waals surface area contributed by atoms with Gasteiger partial charge in [0.2, 0.25) is 5.91 Å². The van der Waals surface area contributed by atoms with Gasteiger partial charge < -0.3 is 39.7 Å². The van der Waals surface area contributed by atoms with Crippen molar-refractivity contribution in [2.24, 2.45) is 0 Å². The fourth-order valence-electron chi connectivity index (χ4n) is 5.38. The van der Waals surface area contributed by atoms with Crippen LogP contribution in [0.5, 0.6) is 0 Å². The Bertz CT molecular complexity index is 1320. The summed E-state index contributed by atoms with van der Waals surface area (Å²) in [7, 11) is 1.66. The molecule has 2 aromatic rings. The Morgan fingerprint density at radius 3 is 2.35 bits per heavy atom. The molecule has 0 bridgehead atoms. The largest absolute Gasteiger partial charge is 0.483 e. The molecule has 0 aliphatic carbocycles. The van der Waals surface area contributed by atoms with Crippen LogP contribution in [0.2, 0.25) is 0 Å². The summed E-state index contributed by atoms with van der Waals surface area (Å²) in [6, 6.07) is 9.94. The van der Waals surface area contributed by atoms with Crippen LogP contribution >= 0.6 is 0 Å². The molecule has 2 aliphatic heterocycles. The summed E-state index contributed by atoms with van der Waals surface area (Å²) in [5.41, 5.74) is 0.808. The zero-order valence-electron chi connectivity index (χ0n) is 26.2. The van der Waals surface area contributed by atoms with Gasteiger partial charge in [-0.1, -0.05) is 30.3 Å². The van der Waals surface area contributed by atoms with Crippen molar-refractivity contribution in [3.8, 4) is 11.4 Å². The number of nitrogens with zero attached hydrogens (tertiary/aromatic N) is 5. The molecule has 1 aromatic heterocycles. The summed E-state index contributed by atoms with van der Waals surface area (Å²) in [5, 5.41) is 19.0. The topological polar surface area (TPSA) is 192 Å². The van der Waals surface area contributed by atoms with E-state index in [-0.39, 0.29) is 63.8 Å². The number of hydrogen-bond acceptors (Lipinski definition) is 10. The summed E-state index contributed by atoms with van der Waals surface area (Å²) in [6.45, 7) is 4.02. The van der Waals surface area contributed by atoms with Crippen LogP contribution in [0, 0.1) is 0 Å². The standard InChI is InChI=1S/C30H40N6O7.CH2O2/c1-3-43-30(41)35-17-15-34(16-18-35)29(40)23(12-13-26(37)38)32-28(39)24-19-25(36-14-8-7-11-22(36)20-42-2)33-27(31-24)21-9-5-4-6-10-21;2-1-3/h4-6,9-10,19,22-23H,3,7-8,11-18,20H2,1-2H3,(H,32,39)(H,37,38);1H,(H,2,3). The third-order valence-electron chi connectivity index (χ3n) is 7.63. The summed E-state index contributed by atoms with van der Waals surface area (Å²) in [4.78, 5) is 73.6. The number of carbonyl (C=O) groups excluding carboxylic acids is 3. The number of aliphatic carboxylic acids is 1. The van der Waals surface area contributed by atoms with E-state index in [1.54, 1.807) is 20.1 Å². The molecule has 0 spiro atoms. The van der Waals surface area contributed by atoms with E-state index >= 15 is 0 Å². The van der Waals surface area contributed by atoms with Crippen LogP contribution in [-0.4, -0.2) is 125 Å². The molecule has 46 heavy (non-hydrogen) atoms. The van der Waals surface area contributed by atoms with Crippen molar-refractivity contribution in [3.05, 3.63) is 42.1 Å². The molecule has 2 fully saturated rings. The van der Waals surface area contributed by atoms with Crippen LogP contribution in [0.1, 0.15) is 49.5 Å². The van der Waals surface area contributed by atoms with E-state index in [4.69, 9.17) is 24.4 Å². The molecule has 0 saturated carbocycles. The molecule has 2 unspecified atom stereocenters. The van der Waals surface area contributed by atoms with Crippen LogP contribution in [0.25, 0.3) is 11.4 Å². The number of anilines is 1. The molecule has 15 heteroatoms. The minimum absolute atomic E-state index is 0.0749. The summed E-state index contributed by atoms with van der Waals surface area (Å²) in [6.07, 6.45) is 2.12. The third-order valence-corrected chi connectivity index (χ3v) is 7.63. The fourth-order valence-corrected chi connectivity index (χ4v) is 5.38. The average molecular weight is 643 g/mol. The number of rotatable bonds is 11. The first-order valence-electron chi connectivity index (χ1n) is 15.2. The second kappa shape index (κ2) is 18.2. The second-order valence-electron chi connectivity index (χ2n) is 10.7. The SMILES string of the molecule is CCOC(=O)N1CCN(C(=O)C(CCC(=O)O)NC(=O)c2cc(N3CCCCC3COC)nc(-c3ccccc3)n2)CC1.O=CO. The van der Waals surface area contributed by atoms with Gasteiger partial charge >= 0.3 is 12.1 Å². The molecule has 250 valence electrons. The molecule has 2 saturated heterocycles. The van der Waals surface area contributed by atoms with Crippen LogP contribution in [-0.2, 0) is 23.9 Å². The van der Waals surface area contributed by atoms with Crippen molar-refractivity contribution in [2.45, 2.75) is 51.1 Å². The highest BCUT2D eigenvalue weighted by molar-refractivity contribution is 5.97. The third kappa shape index (κ3) is 10.1. The molecule has 1 aromatic carbocycles. The quantitative estimate of drug-likeness (QED) is 0.303. The lowest BCUT2D eigenvalue weighted by Gasteiger charge is -2.36. The normalized spacial score (nSPS) is 16.8. The predicted octanol–water partition coefficient (Wildman–Crippen LogP) is 2.11. The average Bonchev–Trinajstić information content (AvgIpc) is 3.07. The first-order valence-corrected chi connectivity index (χ1v) is 15.2. The van der Waals surface area contributed by atoms with Gasteiger partial charge in [-0.05, 0) is 32.6 Å². The van der Waals surface area contributed by atoms with Crippen LogP contribution in [0.3, 0.4) is 0 Å². The zero-order chi connectivity index (χ0) is 33.5. The van der Waals surface area contributed by atoms with Crippen molar-refractivity contribution in [2.75, 3.05) is 57.9 Å². The maximum Gasteiger partial charge on any atom is 0.409 e. The number of aromatic nitrogens is 2. The first kappa shape index (κ1) is 35.7. The van der Waals surface area contributed by atoms with Crippen molar-refractivity contribution < 1.29 is 43.7 Å². The molecule has 2 atom stereocenters. The van der Waals surface area contributed by atoms with Gasteiger partial charge in [-0.2, -0.15) is 0 Å². The summed E-state index contributed by atoms with van der Waals surface area (Å²) < 4.78 is 10.5. The number of piperidine rings is 1. The van der Waals surface area contributed by atoms with E-state index in [9.17, 15) is 24.3 Å². The monoisotopic (exact) mass is 642 g/mol. The van der Waals surface area contributed by atoms with Gasteiger partial charge in [0, 0.05) is 57.9 Å². The van der Waals surface area contributed by atoms with Crippen molar-refractivity contribution >= 4 is 36.2 Å². The number of hydrogen-bond donors (Lipinski definition) is 3. The van der Waals surface area contributed by atoms with Crippen LogP contribution < -0.4 is 10.2 Å². The molecule has 15 nitrogen and oxygen atoms in total. The molecule has 3 N–H and O–H groups in total. The predicted molar refractivity (Wildman–Crippen MR) is 166 cm³/mol. The minimum atomic E-state index is -1.09.